The largest absolute Gasteiger partial charge is 0.442 e. The molecule has 1 heterocycles. The van der Waals surface area contributed by atoms with E-state index in [0.29, 0.717) is 13.1 Å². The summed E-state index contributed by atoms with van der Waals surface area (Å²) in [6.45, 7) is 5.14. The molecule has 5 nitrogen and oxygen atoms in total. The Kier molecular flexibility index (Phi) is 8.22. The smallest absolute Gasteiger partial charge is 0.410 e. The van der Waals surface area contributed by atoms with Gasteiger partial charge in [0.1, 0.15) is 11.6 Å². The molecule has 0 radical (unpaired) electrons. The molecule has 6 heteroatoms. The highest BCUT2D eigenvalue weighted by molar-refractivity contribution is 7.09. The van der Waals surface area contributed by atoms with Crippen molar-refractivity contribution in [1.29, 1.82) is 0 Å². The molecule has 0 saturated carbocycles. The van der Waals surface area contributed by atoms with Crippen LogP contribution < -0.4 is 5.32 Å². The van der Waals surface area contributed by atoms with Crippen molar-refractivity contribution in [2.24, 2.45) is 5.92 Å². The average Bonchev–Trinajstić information content (AvgIpc) is 3.27. The van der Waals surface area contributed by atoms with E-state index in [9.17, 15) is 4.79 Å². The Bertz CT molecular complexity index is 841. The van der Waals surface area contributed by atoms with Crippen molar-refractivity contribution < 1.29 is 9.53 Å². The average molecular weight is 410 g/mol. The van der Waals surface area contributed by atoms with Crippen molar-refractivity contribution in [3.8, 4) is 0 Å². The molecule has 2 aromatic carbocycles. The SMILES string of the molecule is CC(CNCc1ccccc1)CN(Cc1ccccc1)C(=O)OCc1nccs1. The van der Waals surface area contributed by atoms with Crippen molar-refractivity contribution in [3.05, 3.63) is 88.4 Å². The van der Waals surface area contributed by atoms with Crippen LogP contribution in [-0.2, 0) is 24.4 Å². The molecule has 3 rings (SSSR count). The minimum absolute atomic E-state index is 0.211. The summed E-state index contributed by atoms with van der Waals surface area (Å²) in [6, 6.07) is 20.3. The molecule has 3 aromatic rings. The number of benzene rings is 2. The molecule has 1 amide bonds. The number of nitrogens with one attached hydrogen (secondary N) is 1. The van der Waals surface area contributed by atoms with Crippen molar-refractivity contribution in [2.45, 2.75) is 26.6 Å². The highest BCUT2D eigenvalue weighted by Gasteiger charge is 2.19. The van der Waals surface area contributed by atoms with Crippen LogP contribution in [-0.4, -0.2) is 29.1 Å². The number of aromatic nitrogens is 1. The number of rotatable bonds is 10. The summed E-state index contributed by atoms with van der Waals surface area (Å²) in [5.41, 5.74) is 2.34. The first-order valence-electron chi connectivity index (χ1n) is 9.79. The molecule has 0 aliphatic heterocycles. The molecule has 0 bridgehead atoms. The van der Waals surface area contributed by atoms with Gasteiger partial charge in [-0.3, -0.25) is 0 Å². The van der Waals surface area contributed by atoms with E-state index in [0.717, 1.165) is 23.7 Å². The van der Waals surface area contributed by atoms with Crippen molar-refractivity contribution in [3.63, 3.8) is 0 Å². The quantitative estimate of drug-likeness (QED) is 0.527. The maximum atomic E-state index is 12.7. The van der Waals surface area contributed by atoms with Gasteiger partial charge in [-0.15, -0.1) is 11.3 Å². The topological polar surface area (TPSA) is 54.5 Å². The molecule has 152 valence electrons. The van der Waals surface area contributed by atoms with Gasteiger partial charge in [-0.25, -0.2) is 9.78 Å². The highest BCUT2D eigenvalue weighted by Crippen LogP contribution is 2.12. The Morgan fingerprint density at radius 1 is 1.10 bits per heavy atom. The number of carbonyl (C=O) groups is 1. The first-order chi connectivity index (χ1) is 14.2. The third kappa shape index (κ3) is 7.33. The summed E-state index contributed by atoms with van der Waals surface area (Å²) in [7, 11) is 0. The molecule has 0 saturated heterocycles. The van der Waals surface area contributed by atoms with E-state index in [1.165, 1.54) is 16.9 Å². The van der Waals surface area contributed by atoms with E-state index in [-0.39, 0.29) is 18.6 Å². The highest BCUT2D eigenvalue weighted by atomic mass is 32.1. The molecule has 1 unspecified atom stereocenters. The first kappa shape index (κ1) is 21.0. The lowest BCUT2D eigenvalue weighted by Gasteiger charge is -2.25. The first-order valence-corrected chi connectivity index (χ1v) is 10.7. The molecule has 1 aromatic heterocycles. The Balaban J connectivity index is 1.53. The zero-order valence-corrected chi connectivity index (χ0v) is 17.5. The Labute approximate surface area is 176 Å². The van der Waals surface area contributed by atoms with Gasteiger partial charge < -0.3 is 15.0 Å². The van der Waals surface area contributed by atoms with E-state index >= 15 is 0 Å². The summed E-state index contributed by atoms with van der Waals surface area (Å²) >= 11 is 1.49. The minimum atomic E-state index is -0.307. The Hall–Kier alpha value is -2.70. The van der Waals surface area contributed by atoms with Crippen LogP contribution in [0.4, 0.5) is 4.79 Å². The van der Waals surface area contributed by atoms with Gasteiger partial charge in [0.15, 0.2) is 0 Å². The zero-order valence-electron chi connectivity index (χ0n) is 16.7. The summed E-state index contributed by atoms with van der Waals surface area (Å²) in [5.74, 6) is 0.287. The van der Waals surface area contributed by atoms with Gasteiger partial charge in [0.25, 0.3) is 0 Å². The van der Waals surface area contributed by atoms with E-state index in [4.69, 9.17) is 4.74 Å². The van der Waals surface area contributed by atoms with Crippen molar-refractivity contribution in [1.82, 2.24) is 15.2 Å². The van der Waals surface area contributed by atoms with Crippen molar-refractivity contribution in [2.75, 3.05) is 13.1 Å². The second-order valence-electron chi connectivity index (χ2n) is 7.07. The van der Waals surface area contributed by atoms with E-state index < -0.39 is 0 Å². The zero-order chi connectivity index (χ0) is 20.3. The lowest BCUT2D eigenvalue weighted by atomic mass is 10.1. The van der Waals surface area contributed by atoms with Crippen LogP contribution in [0.3, 0.4) is 0 Å². The summed E-state index contributed by atoms with van der Waals surface area (Å²) in [4.78, 5) is 18.7. The molecule has 1 N–H and O–H groups in total. The van der Waals surface area contributed by atoms with Crippen LogP contribution >= 0.6 is 11.3 Å². The maximum absolute atomic E-state index is 12.7. The molecule has 29 heavy (non-hydrogen) atoms. The van der Waals surface area contributed by atoms with Crippen LogP contribution in [0.25, 0.3) is 0 Å². The number of thiazole rings is 1. The van der Waals surface area contributed by atoms with Gasteiger partial charge in [-0.2, -0.15) is 0 Å². The third-order valence-electron chi connectivity index (χ3n) is 4.47. The molecule has 0 spiro atoms. The van der Waals surface area contributed by atoms with Crippen LogP contribution in [0.1, 0.15) is 23.1 Å². The van der Waals surface area contributed by atoms with Gasteiger partial charge in [-0.05, 0) is 23.6 Å². The van der Waals surface area contributed by atoms with Gasteiger partial charge in [0, 0.05) is 31.2 Å². The van der Waals surface area contributed by atoms with Gasteiger partial charge >= 0.3 is 6.09 Å². The number of hydrogen-bond donors (Lipinski definition) is 1. The van der Waals surface area contributed by atoms with Crippen LogP contribution in [0.2, 0.25) is 0 Å². The standard InChI is InChI=1S/C23H27N3O2S/c1-19(14-24-15-20-8-4-2-5-9-20)16-26(17-21-10-6-3-7-11-21)23(27)28-18-22-25-12-13-29-22/h2-13,19,24H,14-18H2,1H3. The predicted molar refractivity (Wildman–Crippen MR) is 116 cm³/mol. The number of amides is 1. The molecular weight excluding hydrogens is 382 g/mol. The molecule has 1 atom stereocenters. The fraction of sp³-hybridized carbons (Fsp3) is 0.304. The normalized spacial score (nSPS) is 11.8. The monoisotopic (exact) mass is 409 g/mol. The molecule has 0 aliphatic rings. The van der Waals surface area contributed by atoms with E-state index in [1.807, 2.05) is 53.9 Å². The van der Waals surface area contributed by atoms with E-state index in [2.05, 4.69) is 29.4 Å². The third-order valence-corrected chi connectivity index (χ3v) is 5.23. The Morgan fingerprint density at radius 3 is 2.45 bits per heavy atom. The van der Waals surface area contributed by atoms with Gasteiger partial charge in [-0.1, -0.05) is 67.6 Å². The van der Waals surface area contributed by atoms with Gasteiger partial charge in [0.2, 0.25) is 0 Å². The molecule has 0 aliphatic carbocycles. The fourth-order valence-electron chi connectivity index (χ4n) is 3.05. The summed E-state index contributed by atoms with van der Waals surface area (Å²) in [6.07, 6.45) is 1.41. The Morgan fingerprint density at radius 2 is 1.79 bits per heavy atom. The lowest BCUT2D eigenvalue weighted by molar-refractivity contribution is 0.0882. The second kappa shape index (κ2) is 11.3. The number of ether oxygens (including phenoxy) is 1. The number of hydrogen-bond acceptors (Lipinski definition) is 5. The molecule has 0 fully saturated rings. The predicted octanol–water partition coefficient (Wildman–Crippen LogP) is 4.71. The summed E-state index contributed by atoms with van der Waals surface area (Å²) < 4.78 is 5.51. The van der Waals surface area contributed by atoms with Gasteiger partial charge in [0.05, 0.1) is 0 Å². The maximum Gasteiger partial charge on any atom is 0.410 e. The number of carbonyl (C=O) groups excluding carboxylic acids is 1. The lowest BCUT2D eigenvalue weighted by Crippen LogP contribution is -2.37. The second-order valence-corrected chi connectivity index (χ2v) is 8.05. The molecular formula is C23H27N3O2S. The van der Waals surface area contributed by atoms with Crippen LogP contribution in [0.5, 0.6) is 0 Å². The fourth-order valence-corrected chi connectivity index (χ4v) is 3.57. The van der Waals surface area contributed by atoms with Crippen LogP contribution in [0, 0.1) is 5.92 Å². The minimum Gasteiger partial charge on any atom is -0.442 e. The van der Waals surface area contributed by atoms with Crippen LogP contribution in [0.15, 0.2) is 72.2 Å². The van der Waals surface area contributed by atoms with Crippen molar-refractivity contribution >= 4 is 17.4 Å². The summed E-state index contributed by atoms with van der Waals surface area (Å²) in [5, 5.41) is 6.16. The number of nitrogens with zero attached hydrogens (tertiary/aromatic N) is 2. The van der Waals surface area contributed by atoms with E-state index in [1.54, 1.807) is 11.1 Å².